The second kappa shape index (κ2) is 5.94. The molecule has 0 saturated carbocycles. The summed E-state index contributed by atoms with van der Waals surface area (Å²) in [7, 11) is -2.21. The van der Waals surface area contributed by atoms with E-state index in [1.165, 1.54) is 13.8 Å². The number of hydrogen-bond donors (Lipinski definition) is 1. The van der Waals surface area contributed by atoms with E-state index in [0.717, 1.165) is 6.92 Å². The summed E-state index contributed by atoms with van der Waals surface area (Å²) in [6.07, 6.45) is -5.87. The van der Waals surface area contributed by atoms with Crippen molar-refractivity contribution in [2.24, 2.45) is 0 Å². The summed E-state index contributed by atoms with van der Waals surface area (Å²) in [5.74, 6) is -6.73. The van der Waals surface area contributed by atoms with Gasteiger partial charge in [0.15, 0.2) is 0 Å². The van der Waals surface area contributed by atoms with Gasteiger partial charge < -0.3 is 5.11 Å². The summed E-state index contributed by atoms with van der Waals surface area (Å²) in [5.41, 5.74) is -2.30. The molecule has 1 atom stereocenters. The van der Waals surface area contributed by atoms with E-state index in [9.17, 15) is 31.0 Å². The SMILES string of the molecule is Cc1c(C(=O)O)ccc(C(F)(F)C(F)(F)F)c1[S@](=O)C(C)C. The number of hydrogen-bond acceptors (Lipinski definition) is 2. The van der Waals surface area contributed by atoms with E-state index in [2.05, 4.69) is 0 Å². The van der Waals surface area contributed by atoms with Crippen LogP contribution in [0.1, 0.15) is 35.3 Å². The first kappa shape index (κ1) is 18.5. The molecule has 0 aliphatic rings. The number of carbonyl (C=O) groups is 1. The summed E-state index contributed by atoms with van der Waals surface area (Å²) in [6, 6.07) is 1.03. The van der Waals surface area contributed by atoms with E-state index < -0.39 is 50.1 Å². The number of carboxylic acid groups (broad SMARTS) is 1. The maximum Gasteiger partial charge on any atom is 0.458 e. The Bertz CT molecular complexity index is 623. The first-order chi connectivity index (χ1) is 9.82. The van der Waals surface area contributed by atoms with E-state index in [1.807, 2.05) is 0 Å². The molecule has 0 bridgehead atoms. The highest BCUT2D eigenvalue weighted by Crippen LogP contribution is 2.46. The fourth-order valence-corrected chi connectivity index (χ4v) is 3.11. The third-order valence-corrected chi connectivity index (χ3v) is 4.74. The predicted octanol–water partition coefficient (Wildman–Crippen LogP) is 3.86. The number of rotatable bonds is 4. The molecule has 1 N–H and O–H groups in total. The molecule has 0 fully saturated rings. The number of alkyl halides is 5. The topological polar surface area (TPSA) is 54.4 Å². The van der Waals surface area contributed by atoms with Crippen LogP contribution < -0.4 is 0 Å². The third-order valence-electron chi connectivity index (χ3n) is 2.96. The first-order valence-electron chi connectivity index (χ1n) is 6.04. The Kier molecular flexibility index (Phi) is 5.01. The Balaban J connectivity index is 3.77. The molecule has 0 aromatic heterocycles. The molecule has 0 aliphatic carbocycles. The molecule has 124 valence electrons. The second-order valence-electron chi connectivity index (χ2n) is 4.84. The molecule has 0 unspecified atom stereocenters. The minimum Gasteiger partial charge on any atom is -0.478 e. The first-order valence-corrected chi connectivity index (χ1v) is 7.26. The summed E-state index contributed by atoms with van der Waals surface area (Å²) in [4.78, 5) is 10.2. The van der Waals surface area contributed by atoms with Crippen LogP contribution >= 0.6 is 0 Å². The molecule has 22 heavy (non-hydrogen) atoms. The lowest BCUT2D eigenvalue weighted by atomic mass is 10.0. The predicted molar refractivity (Wildman–Crippen MR) is 69.6 cm³/mol. The van der Waals surface area contributed by atoms with Crippen molar-refractivity contribution in [2.75, 3.05) is 0 Å². The van der Waals surface area contributed by atoms with Gasteiger partial charge in [-0.2, -0.15) is 22.0 Å². The van der Waals surface area contributed by atoms with E-state index in [4.69, 9.17) is 5.11 Å². The van der Waals surface area contributed by atoms with Crippen molar-refractivity contribution in [2.45, 2.75) is 43.0 Å². The van der Waals surface area contributed by atoms with Crippen LogP contribution in [0, 0.1) is 6.92 Å². The highest BCUT2D eigenvalue weighted by atomic mass is 32.2. The summed E-state index contributed by atoms with van der Waals surface area (Å²) < 4.78 is 77.2. The lowest BCUT2D eigenvalue weighted by Gasteiger charge is -2.24. The fraction of sp³-hybridized carbons (Fsp3) is 0.462. The lowest BCUT2D eigenvalue weighted by Crippen LogP contribution is -2.35. The highest BCUT2D eigenvalue weighted by Gasteiger charge is 2.60. The van der Waals surface area contributed by atoms with Crippen LogP contribution in [0.2, 0.25) is 0 Å². The van der Waals surface area contributed by atoms with Crippen LogP contribution in [0.25, 0.3) is 0 Å². The maximum atomic E-state index is 13.7. The normalized spacial score (nSPS) is 14.2. The van der Waals surface area contributed by atoms with E-state index in [-0.39, 0.29) is 5.56 Å². The summed E-state index contributed by atoms with van der Waals surface area (Å²) in [6.45, 7) is 3.81. The van der Waals surface area contributed by atoms with Crippen molar-refractivity contribution >= 4 is 16.8 Å². The Morgan fingerprint density at radius 1 is 1.18 bits per heavy atom. The Morgan fingerprint density at radius 3 is 2.05 bits per heavy atom. The van der Waals surface area contributed by atoms with Gasteiger partial charge in [-0.15, -0.1) is 0 Å². The maximum absolute atomic E-state index is 13.7. The van der Waals surface area contributed by atoms with Gasteiger partial charge in [0.2, 0.25) is 0 Å². The summed E-state index contributed by atoms with van der Waals surface area (Å²) in [5, 5.41) is 8.20. The van der Waals surface area contributed by atoms with Crippen LogP contribution in [0.4, 0.5) is 22.0 Å². The Hall–Kier alpha value is -1.51. The molecule has 0 aliphatic heterocycles. The van der Waals surface area contributed by atoms with Gasteiger partial charge in [-0.3, -0.25) is 4.21 Å². The van der Waals surface area contributed by atoms with Crippen molar-refractivity contribution in [3.63, 3.8) is 0 Å². The average molecular weight is 344 g/mol. The smallest absolute Gasteiger partial charge is 0.458 e. The lowest BCUT2D eigenvalue weighted by molar-refractivity contribution is -0.290. The Morgan fingerprint density at radius 2 is 1.68 bits per heavy atom. The molecule has 1 aromatic carbocycles. The highest BCUT2D eigenvalue weighted by molar-refractivity contribution is 7.85. The van der Waals surface area contributed by atoms with Crippen molar-refractivity contribution in [1.29, 1.82) is 0 Å². The minimum absolute atomic E-state index is 0.360. The van der Waals surface area contributed by atoms with E-state index >= 15 is 0 Å². The van der Waals surface area contributed by atoms with E-state index in [1.54, 1.807) is 0 Å². The van der Waals surface area contributed by atoms with Crippen LogP contribution in [-0.4, -0.2) is 26.7 Å². The van der Waals surface area contributed by atoms with Crippen molar-refractivity contribution < 1.29 is 36.1 Å². The van der Waals surface area contributed by atoms with Gasteiger partial charge in [0.25, 0.3) is 0 Å². The molecule has 0 radical (unpaired) electrons. The number of carboxylic acids is 1. The van der Waals surface area contributed by atoms with Gasteiger partial charge in [0.1, 0.15) is 0 Å². The van der Waals surface area contributed by atoms with Crippen molar-refractivity contribution in [3.05, 3.63) is 28.8 Å². The molecule has 3 nitrogen and oxygen atoms in total. The molecular weight excluding hydrogens is 331 g/mol. The number of halogens is 5. The van der Waals surface area contributed by atoms with Crippen LogP contribution in [0.5, 0.6) is 0 Å². The fourth-order valence-electron chi connectivity index (χ4n) is 1.82. The van der Waals surface area contributed by atoms with Gasteiger partial charge in [0, 0.05) is 10.8 Å². The molecule has 0 amide bonds. The van der Waals surface area contributed by atoms with Crippen LogP contribution in [0.3, 0.4) is 0 Å². The zero-order valence-corrected chi connectivity index (χ0v) is 12.6. The quantitative estimate of drug-likeness (QED) is 0.844. The van der Waals surface area contributed by atoms with Crippen molar-refractivity contribution in [3.8, 4) is 0 Å². The van der Waals surface area contributed by atoms with Gasteiger partial charge in [0.05, 0.1) is 21.3 Å². The molecular formula is C13H13F5O3S. The van der Waals surface area contributed by atoms with Gasteiger partial charge in [-0.05, 0) is 18.6 Å². The number of aromatic carboxylic acids is 1. The number of benzene rings is 1. The van der Waals surface area contributed by atoms with Gasteiger partial charge in [-0.1, -0.05) is 19.9 Å². The minimum atomic E-state index is -5.87. The molecule has 0 heterocycles. The Labute approximate surface area is 125 Å². The average Bonchev–Trinajstić information content (AvgIpc) is 2.35. The van der Waals surface area contributed by atoms with Crippen LogP contribution in [-0.2, 0) is 16.7 Å². The van der Waals surface area contributed by atoms with Gasteiger partial charge in [-0.25, -0.2) is 4.79 Å². The molecule has 1 rings (SSSR count). The van der Waals surface area contributed by atoms with E-state index in [0.29, 0.717) is 12.1 Å². The molecule has 0 saturated heterocycles. The second-order valence-corrected chi connectivity index (χ2v) is 6.78. The molecule has 0 spiro atoms. The molecule has 1 aromatic rings. The standard InChI is InChI=1S/C13H13F5O3S/c1-6(2)22(21)10-7(3)8(11(19)20)4-5-9(10)12(14,15)13(16,17)18/h4-6H,1-3H3,(H,19,20)/t22-/m1/s1. The largest absolute Gasteiger partial charge is 0.478 e. The van der Waals surface area contributed by atoms with Crippen molar-refractivity contribution in [1.82, 2.24) is 0 Å². The molecule has 9 heteroatoms. The van der Waals surface area contributed by atoms with Crippen LogP contribution in [0.15, 0.2) is 17.0 Å². The third kappa shape index (κ3) is 3.13. The van der Waals surface area contributed by atoms with Gasteiger partial charge >= 0.3 is 18.1 Å². The zero-order valence-electron chi connectivity index (χ0n) is 11.8. The monoisotopic (exact) mass is 344 g/mol. The summed E-state index contributed by atoms with van der Waals surface area (Å²) >= 11 is 0. The zero-order chi connectivity index (χ0) is 17.5.